The highest BCUT2D eigenvalue weighted by Gasteiger charge is 2.08. The van der Waals surface area contributed by atoms with Gasteiger partial charge in [0.25, 0.3) is 0 Å². The van der Waals surface area contributed by atoms with Crippen molar-refractivity contribution in [3.05, 3.63) is 46.2 Å². The van der Waals surface area contributed by atoms with Crippen LogP contribution in [0.15, 0.2) is 30.3 Å². The number of anilines is 3. The first-order chi connectivity index (χ1) is 9.52. The monoisotopic (exact) mass is 307 g/mol. The highest BCUT2D eigenvalue weighted by atomic mass is 35.5. The summed E-state index contributed by atoms with van der Waals surface area (Å²) in [4.78, 5) is 4.42. The molecule has 0 bridgehead atoms. The Morgan fingerprint density at radius 2 is 2.05 bits per heavy atom. The van der Waals surface area contributed by atoms with Crippen LogP contribution in [-0.2, 0) is 0 Å². The maximum atomic E-state index is 13.0. The van der Waals surface area contributed by atoms with E-state index in [9.17, 15) is 4.39 Å². The molecule has 1 aromatic heterocycles. The molecule has 3 N–H and O–H groups in total. The van der Waals surface area contributed by atoms with Crippen LogP contribution < -0.4 is 11.1 Å². The summed E-state index contributed by atoms with van der Waals surface area (Å²) < 4.78 is 14.1. The van der Waals surface area contributed by atoms with Crippen molar-refractivity contribution >= 4 is 50.2 Å². The normalized spacial score (nSPS) is 10.9. The molecule has 0 radical (unpaired) electrons. The van der Waals surface area contributed by atoms with Crippen molar-refractivity contribution in [2.75, 3.05) is 11.1 Å². The molecule has 20 heavy (non-hydrogen) atoms. The Kier molecular flexibility index (Phi) is 3.23. The Morgan fingerprint density at radius 1 is 1.25 bits per heavy atom. The summed E-state index contributed by atoms with van der Waals surface area (Å²) in [5.41, 5.74) is 8.81. The van der Waals surface area contributed by atoms with Crippen LogP contribution >= 0.6 is 22.9 Å². The minimum atomic E-state index is -0.376. The van der Waals surface area contributed by atoms with Crippen LogP contribution in [0.1, 0.15) is 5.01 Å². The minimum Gasteiger partial charge on any atom is -0.397 e. The first-order valence-electron chi connectivity index (χ1n) is 5.91. The van der Waals surface area contributed by atoms with E-state index in [2.05, 4.69) is 10.3 Å². The number of benzene rings is 2. The molecule has 1 heterocycles. The van der Waals surface area contributed by atoms with Crippen molar-refractivity contribution in [3.63, 3.8) is 0 Å². The molecule has 0 atom stereocenters. The molecule has 0 spiro atoms. The average molecular weight is 308 g/mol. The molecule has 3 nitrogen and oxygen atoms in total. The third kappa shape index (κ3) is 2.42. The van der Waals surface area contributed by atoms with Crippen molar-refractivity contribution in [1.82, 2.24) is 4.98 Å². The third-order valence-corrected chi connectivity index (χ3v) is 4.11. The fraction of sp³-hybridized carbons (Fsp3) is 0.0714. The zero-order chi connectivity index (χ0) is 14.3. The number of hydrogen-bond acceptors (Lipinski definition) is 4. The van der Waals surface area contributed by atoms with Gasteiger partial charge in [0.1, 0.15) is 5.82 Å². The molecule has 0 unspecified atom stereocenters. The van der Waals surface area contributed by atoms with Gasteiger partial charge in [-0.15, -0.1) is 11.3 Å². The van der Waals surface area contributed by atoms with E-state index in [1.165, 1.54) is 12.1 Å². The quantitative estimate of drug-likeness (QED) is 0.673. The molecule has 3 rings (SSSR count). The highest BCUT2D eigenvalue weighted by molar-refractivity contribution is 7.18. The summed E-state index contributed by atoms with van der Waals surface area (Å²) in [5.74, 6) is -0.376. The molecule has 0 saturated heterocycles. The maximum Gasteiger partial charge on any atom is 0.124 e. The molecule has 0 aliphatic heterocycles. The van der Waals surface area contributed by atoms with Gasteiger partial charge in [-0.25, -0.2) is 9.37 Å². The number of nitrogen functional groups attached to an aromatic ring is 1. The Labute approximate surface area is 124 Å². The number of nitrogens with zero attached hydrogens (tertiary/aromatic N) is 1. The third-order valence-electron chi connectivity index (χ3n) is 2.87. The van der Waals surface area contributed by atoms with Crippen molar-refractivity contribution < 1.29 is 4.39 Å². The SMILES string of the molecule is Cc1nc2cc(Nc3ccc(F)cc3Cl)c(N)cc2s1. The smallest absolute Gasteiger partial charge is 0.124 e. The zero-order valence-electron chi connectivity index (χ0n) is 10.6. The molecule has 0 aliphatic carbocycles. The maximum absolute atomic E-state index is 13.0. The summed E-state index contributed by atoms with van der Waals surface area (Å²) in [6, 6.07) is 7.92. The summed E-state index contributed by atoms with van der Waals surface area (Å²) in [6.07, 6.45) is 0. The van der Waals surface area contributed by atoms with Gasteiger partial charge in [0.2, 0.25) is 0 Å². The van der Waals surface area contributed by atoms with Crippen LogP contribution in [0.25, 0.3) is 10.2 Å². The molecule has 0 amide bonds. The number of rotatable bonds is 2. The largest absolute Gasteiger partial charge is 0.397 e. The molecule has 0 saturated carbocycles. The number of aromatic nitrogens is 1. The Bertz CT molecular complexity index is 800. The second-order valence-corrected chi connectivity index (χ2v) is 6.03. The van der Waals surface area contributed by atoms with Crippen LogP contribution in [0.4, 0.5) is 21.5 Å². The molecule has 3 aromatic rings. The average Bonchev–Trinajstić information content (AvgIpc) is 2.72. The number of aryl methyl sites for hydroxylation is 1. The second-order valence-electron chi connectivity index (χ2n) is 4.39. The van der Waals surface area contributed by atoms with E-state index in [0.717, 1.165) is 15.2 Å². The van der Waals surface area contributed by atoms with E-state index in [1.807, 2.05) is 19.1 Å². The van der Waals surface area contributed by atoms with Crippen molar-refractivity contribution in [3.8, 4) is 0 Å². The predicted molar refractivity (Wildman–Crippen MR) is 83.5 cm³/mol. The lowest BCUT2D eigenvalue weighted by atomic mass is 10.2. The van der Waals surface area contributed by atoms with Gasteiger partial charge in [-0.3, -0.25) is 0 Å². The molecular formula is C14H11ClFN3S. The van der Waals surface area contributed by atoms with E-state index in [0.29, 0.717) is 22.1 Å². The summed E-state index contributed by atoms with van der Waals surface area (Å²) >= 11 is 7.59. The Morgan fingerprint density at radius 3 is 2.80 bits per heavy atom. The topological polar surface area (TPSA) is 50.9 Å². The standard InChI is InChI=1S/C14H11ClFN3S/c1-7-18-13-6-12(10(17)5-14(13)20-7)19-11-3-2-8(16)4-9(11)15/h2-6,19H,17H2,1H3. The fourth-order valence-corrected chi connectivity index (χ4v) is 3.02. The van der Waals surface area contributed by atoms with Crippen LogP contribution in [0.3, 0.4) is 0 Å². The van der Waals surface area contributed by atoms with Gasteiger partial charge in [-0.05, 0) is 37.3 Å². The fourth-order valence-electron chi connectivity index (χ4n) is 1.95. The van der Waals surface area contributed by atoms with E-state index in [-0.39, 0.29) is 5.82 Å². The van der Waals surface area contributed by atoms with Crippen LogP contribution in [0.2, 0.25) is 5.02 Å². The number of nitrogens with one attached hydrogen (secondary N) is 1. The molecule has 2 aromatic carbocycles. The van der Waals surface area contributed by atoms with Crippen molar-refractivity contribution in [2.24, 2.45) is 0 Å². The Hall–Kier alpha value is -1.85. The van der Waals surface area contributed by atoms with Gasteiger partial charge in [-0.2, -0.15) is 0 Å². The second kappa shape index (κ2) is 4.92. The first kappa shape index (κ1) is 13.1. The number of halogens is 2. The van der Waals surface area contributed by atoms with Gasteiger partial charge in [0.05, 0.1) is 37.3 Å². The van der Waals surface area contributed by atoms with Gasteiger partial charge in [0, 0.05) is 0 Å². The number of thiazole rings is 1. The summed E-state index contributed by atoms with van der Waals surface area (Å²) in [7, 11) is 0. The van der Waals surface area contributed by atoms with Gasteiger partial charge >= 0.3 is 0 Å². The van der Waals surface area contributed by atoms with Crippen molar-refractivity contribution in [1.29, 1.82) is 0 Å². The minimum absolute atomic E-state index is 0.305. The van der Waals surface area contributed by atoms with E-state index in [1.54, 1.807) is 17.4 Å². The Balaban J connectivity index is 2.03. The van der Waals surface area contributed by atoms with Gasteiger partial charge in [0.15, 0.2) is 0 Å². The molecule has 6 heteroatoms. The van der Waals surface area contributed by atoms with E-state index >= 15 is 0 Å². The molecule has 102 valence electrons. The summed E-state index contributed by atoms with van der Waals surface area (Å²) in [6.45, 7) is 1.95. The van der Waals surface area contributed by atoms with E-state index in [4.69, 9.17) is 17.3 Å². The summed E-state index contributed by atoms with van der Waals surface area (Å²) in [5, 5.41) is 4.40. The van der Waals surface area contributed by atoms with Crippen molar-refractivity contribution in [2.45, 2.75) is 6.92 Å². The van der Waals surface area contributed by atoms with Crippen LogP contribution in [-0.4, -0.2) is 4.98 Å². The number of nitrogens with two attached hydrogens (primary N) is 1. The van der Waals surface area contributed by atoms with Crippen LogP contribution in [0.5, 0.6) is 0 Å². The van der Waals surface area contributed by atoms with Gasteiger partial charge < -0.3 is 11.1 Å². The predicted octanol–water partition coefficient (Wildman–Crippen LogP) is 4.72. The highest BCUT2D eigenvalue weighted by Crippen LogP contribution is 2.33. The number of hydrogen-bond donors (Lipinski definition) is 2. The zero-order valence-corrected chi connectivity index (χ0v) is 12.1. The number of fused-ring (bicyclic) bond motifs is 1. The molecular weight excluding hydrogens is 297 g/mol. The lowest BCUT2D eigenvalue weighted by molar-refractivity contribution is 0.628. The first-order valence-corrected chi connectivity index (χ1v) is 7.11. The molecule has 0 fully saturated rings. The van der Waals surface area contributed by atoms with Crippen LogP contribution in [0, 0.1) is 12.7 Å². The lowest BCUT2D eigenvalue weighted by Crippen LogP contribution is -1.97. The lowest BCUT2D eigenvalue weighted by Gasteiger charge is -2.11. The van der Waals surface area contributed by atoms with E-state index < -0.39 is 0 Å². The molecule has 0 aliphatic rings. The van der Waals surface area contributed by atoms with Gasteiger partial charge in [-0.1, -0.05) is 11.6 Å².